The van der Waals surface area contributed by atoms with E-state index in [0.29, 0.717) is 18.2 Å². The Balaban J connectivity index is 0.000000730. The first-order valence-electron chi connectivity index (χ1n) is 10.8. The van der Waals surface area contributed by atoms with Crippen molar-refractivity contribution in [1.29, 1.82) is 0 Å². The predicted molar refractivity (Wildman–Crippen MR) is 118 cm³/mol. The van der Waals surface area contributed by atoms with Crippen molar-refractivity contribution in [2.45, 2.75) is 38.8 Å². The average Bonchev–Trinajstić information content (AvgIpc) is 3.23. The first-order chi connectivity index (χ1) is 15.1. The molecule has 0 amide bonds. The van der Waals surface area contributed by atoms with Crippen molar-refractivity contribution >= 4 is 17.4 Å². The number of imidazole rings is 1. The SMILES string of the molecule is CCOc1ccc2[nH]c(=O)c(-c3nccn3CC3CC4CCN3CC4)cc2c1.O=CO. The largest absolute Gasteiger partial charge is 0.494 e. The second-order valence-electron chi connectivity index (χ2n) is 8.07. The van der Waals surface area contributed by atoms with Gasteiger partial charge in [-0.15, -0.1) is 0 Å². The monoisotopic (exact) mass is 424 g/mol. The van der Waals surface area contributed by atoms with E-state index in [2.05, 4.69) is 19.4 Å². The maximum atomic E-state index is 12.8. The summed E-state index contributed by atoms with van der Waals surface area (Å²) in [6.07, 6.45) is 7.72. The highest BCUT2D eigenvalue weighted by Crippen LogP contribution is 2.33. The summed E-state index contributed by atoms with van der Waals surface area (Å²) < 4.78 is 7.76. The molecule has 2 bridgehead atoms. The van der Waals surface area contributed by atoms with Crippen molar-refractivity contribution in [3.05, 3.63) is 47.0 Å². The van der Waals surface area contributed by atoms with Crippen molar-refractivity contribution in [2.75, 3.05) is 19.7 Å². The van der Waals surface area contributed by atoms with E-state index in [1.165, 1.54) is 32.4 Å². The topological polar surface area (TPSA) is 100 Å². The summed E-state index contributed by atoms with van der Waals surface area (Å²) in [6, 6.07) is 8.23. The van der Waals surface area contributed by atoms with E-state index in [1.54, 1.807) is 6.20 Å². The number of fused-ring (bicyclic) bond motifs is 4. The van der Waals surface area contributed by atoms with Crippen molar-refractivity contribution < 1.29 is 14.6 Å². The molecule has 5 heterocycles. The minimum Gasteiger partial charge on any atom is -0.494 e. The van der Waals surface area contributed by atoms with Crippen LogP contribution in [0.15, 0.2) is 41.5 Å². The predicted octanol–water partition coefficient (Wildman–Crippen LogP) is 2.98. The number of aromatic amines is 1. The van der Waals surface area contributed by atoms with Crippen LogP contribution in [0.25, 0.3) is 22.3 Å². The van der Waals surface area contributed by atoms with E-state index >= 15 is 0 Å². The number of hydrogen-bond donors (Lipinski definition) is 2. The molecule has 1 atom stereocenters. The van der Waals surface area contributed by atoms with Crippen molar-refractivity contribution in [3.63, 3.8) is 0 Å². The second kappa shape index (κ2) is 9.34. The van der Waals surface area contributed by atoms with E-state index in [1.807, 2.05) is 37.4 Å². The highest BCUT2D eigenvalue weighted by molar-refractivity contribution is 5.83. The number of piperidine rings is 3. The molecular formula is C23H28N4O4. The third-order valence-electron chi connectivity index (χ3n) is 6.26. The zero-order chi connectivity index (χ0) is 21.8. The Hall–Kier alpha value is -3.13. The Kier molecular flexibility index (Phi) is 6.36. The molecule has 1 unspecified atom stereocenters. The van der Waals surface area contributed by atoms with Crippen LogP contribution in [0.2, 0.25) is 0 Å². The molecule has 0 saturated carbocycles. The Morgan fingerprint density at radius 2 is 2.06 bits per heavy atom. The molecule has 0 spiro atoms. The molecule has 2 N–H and O–H groups in total. The van der Waals surface area contributed by atoms with Gasteiger partial charge in [0.1, 0.15) is 11.6 Å². The first kappa shape index (κ1) is 21.1. The van der Waals surface area contributed by atoms with Crippen LogP contribution in [0.1, 0.15) is 26.2 Å². The fourth-order valence-electron chi connectivity index (χ4n) is 4.81. The molecule has 3 aliphatic heterocycles. The van der Waals surface area contributed by atoms with E-state index in [9.17, 15) is 4.79 Å². The van der Waals surface area contributed by atoms with Crippen LogP contribution in [0, 0.1) is 5.92 Å². The molecule has 2 aromatic heterocycles. The Morgan fingerprint density at radius 3 is 2.74 bits per heavy atom. The zero-order valence-corrected chi connectivity index (χ0v) is 17.7. The third kappa shape index (κ3) is 4.49. The van der Waals surface area contributed by atoms with Gasteiger partial charge in [-0.3, -0.25) is 14.5 Å². The van der Waals surface area contributed by atoms with Crippen molar-refractivity contribution in [3.8, 4) is 17.1 Å². The van der Waals surface area contributed by atoms with Gasteiger partial charge in [-0.2, -0.15) is 0 Å². The van der Waals surface area contributed by atoms with Gasteiger partial charge in [-0.1, -0.05) is 0 Å². The summed E-state index contributed by atoms with van der Waals surface area (Å²) in [5, 5.41) is 7.84. The van der Waals surface area contributed by atoms with Gasteiger partial charge in [-0.05, 0) is 69.5 Å². The molecule has 8 nitrogen and oxygen atoms in total. The number of nitrogens with zero attached hydrogens (tertiary/aromatic N) is 3. The van der Waals surface area contributed by atoms with Crippen LogP contribution in [0.4, 0.5) is 0 Å². The fourth-order valence-corrected chi connectivity index (χ4v) is 4.81. The molecule has 3 aromatic rings. The number of aromatic nitrogens is 3. The Morgan fingerprint density at radius 1 is 1.29 bits per heavy atom. The summed E-state index contributed by atoms with van der Waals surface area (Å²) in [4.78, 5) is 31.3. The minimum atomic E-state index is -0.250. The summed E-state index contributed by atoms with van der Waals surface area (Å²) in [7, 11) is 0. The Labute approximate surface area is 180 Å². The van der Waals surface area contributed by atoms with Crippen LogP contribution in [0.5, 0.6) is 5.75 Å². The normalized spacial score (nSPS) is 22.0. The summed E-state index contributed by atoms with van der Waals surface area (Å²) in [6.45, 7) is 5.63. The maximum Gasteiger partial charge on any atom is 0.290 e. The van der Waals surface area contributed by atoms with Crippen LogP contribution >= 0.6 is 0 Å². The van der Waals surface area contributed by atoms with Crippen LogP contribution in [-0.2, 0) is 11.3 Å². The first-order valence-corrected chi connectivity index (χ1v) is 10.8. The molecule has 164 valence electrons. The van der Waals surface area contributed by atoms with E-state index in [4.69, 9.17) is 14.6 Å². The van der Waals surface area contributed by atoms with Gasteiger partial charge in [0.25, 0.3) is 12.0 Å². The number of ether oxygens (including phenoxy) is 1. The number of carbonyl (C=O) groups is 1. The van der Waals surface area contributed by atoms with E-state index in [0.717, 1.165) is 34.9 Å². The number of carboxylic acid groups (broad SMARTS) is 1. The highest BCUT2D eigenvalue weighted by Gasteiger charge is 2.33. The van der Waals surface area contributed by atoms with Gasteiger partial charge in [0, 0.05) is 35.9 Å². The van der Waals surface area contributed by atoms with Gasteiger partial charge >= 0.3 is 0 Å². The molecule has 31 heavy (non-hydrogen) atoms. The summed E-state index contributed by atoms with van der Waals surface area (Å²) >= 11 is 0. The zero-order valence-electron chi connectivity index (χ0n) is 17.7. The lowest BCUT2D eigenvalue weighted by atomic mass is 9.83. The van der Waals surface area contributed by atoms with Crippen molar-refractivity contribution in [1.82, 2.24) is 19.4 Å². The summed E-state index contributed by atoms with van der Waals surface area (Å²) in [5.41, 5.74) is 1.32. The standard InChI is InChI=1S/C22H26N4O2.CH2O2/c1-2-28-18-3-4-20-16(12-18)13-19(22(27)24-20)21-23-7-10-26(21)14-17-11-15-5-8-25(17)9-6-15;2-1-3/h3-4,7,10,12-13,15,17H,2,5-6,8-9,11,14H2,1H3,(H,24,27);1H,(H,2,3). The average molecular weight is 425 g/mol. The molecule has 6 rings (SSSR count). The van der Waals surface area contributed by atoms with Gasteiger partial charge in [0.15, 0.2) is 0 Å². The number of pyridine rings is 1. The second-order valence-corrected chi connectivity index (χ2v) is 8.07. The lowest BCUT2D eigenvalue weighted by molar-refractivity contribution is -0.122. The number of H-pyrrole nitrogens is 1. The molecule has 3 fully saturated rings. The van der Waals surface area contributed by atoms with Gasteiger partial charge < -0.3 is 19.4 Å². The van der Waals surface area contributed by atoms with Crippen LogP contribution in [-0.4, -0.2) is 56.8 Å². The highest BCUT2D eigenvalue weighted by atomic mass is 16.5. The smallest absolute Gasteiger partial charge is 0.290 e. The quantitative estimate of drug-likeness (QED) is 0.611. The van der Waals surface area contributed by atoms with E-state index < -0.39 is 0 Å². The number of nitrogens with one attached hydrogen (secondary N) is 1. The fraction of sp³-hybridized carbons (Fsp3) is 0.435. The van der Waals surface area contributed by atoms with Gasteiger partial charge in [0.05, 0.1) is 12.2 Å². The molecule has 3 aliphatic rings. The Bertz CT molecular complexity index is 1100. The number of hydrogen-bond acceptors (Lipinski definition) is 5. The van der Waals surface area contributed by atoms with Crippen LogP contribution < -0.4 is 10.3 Å². The number of benzene rings is 1. The molecule has 8 heteroatoms. The molecule has 1 aromatic carbocycles. The lowest BCUT2D eigenvalue weighted by Gasteiger charge is -2.45. The van der Waals surface area contributed by atoms with Gasteiger partial charge in [-0.25, -0.2) is 4.98 Å². The van der Waals surface area contributed by atoms with E-state index in [-0.39, 0.29) is 12.0 Å². The van der Waals surface area contributed by atoms with Gasteiger partial charge in [0.2, 0.25) is 0 Å². The summed E-state index contributed by atoms with van der Waals surface area (Å²) in [5.74, 6) is 2.41. The number of rotatable bonds is 5. The molecule has 3 saturated heterocycles. The molecule has 0 radical (unpaired) electrons. The molecule has 0 aliphatic carbocycles. The maximum absolute atomic E-state index is 12.8. The molecular weight excluding hydrogens is 396 g/mol. The lowest BCUT2D eigenvalue weighted by Crippen LogP contribution is -2.50. The van der Waals surface area contributed by atoms with Crippen LogP contribution in [0.3, 0.4) is 0 Å². The van der Waals surface area contributed by atoms with Crippen molar-refractivity contribution in [2.24, 2.45) is 5.92 Å². The minimum absolute atomic E-state index is 0.102. The third-order valence-corrected chi connectivity index (χ3v) is 6.26.